The molecule has 1 aromatic heterocycles. The fourth-order valence-corrected chi connectivity index (χ4v) is 4.12. The number of piperidine rings is 1. The SMILES string of the molecule is CC(C)(C)[Si](C)(C)Oc1ccc(N(C(=O)OC2CCNCC2)c2ccc(F)cc2F)nc1. The van der Waals surface area contributed by atoms with E-state index in [0.29, 0.717) is 18.6 Å². The predicted octanol–water partition coefficient (Wildman–Crippen LogP) is 5.77. The Kier molecular flexibility index (Phi) is 7.19. The van der Waals surface area contributed by atoms with Crippen molar-refractivity contribution in [1.82, 2.24) is 10.3 Å². The molecule has 0 radical (unpaired) electrons. The van der Waals surface area contributed by atoms with E-state index < -0.39 is 26.0 Å². The van der Waals surface area contributed by atoms with Crippen LogP contribution in [0.15, 0.2) is 36.5 Å². The molecule has 32 heavy (non-hydrogen) atoms. The molecule has 2 heterocycles. The Morgan fingerprint density at radius 1 is 1.16 bits per heavy atom. The number of amides is 1. The van der Waals surface area contributed by atoms with Crippen molar-refractivity contribution in [1.29, 1.82) is 0 Å². The summed E-state index contributed by atoms with van der Waals surface area (Å²) < 4.78 is 40.0. The number of carbonyl (C=O) groups is 1. The molecule has 9 heteroatoms. The Hall–Kier alpha value is -2.52. The standard InChI is InChI=1S/C23H31F2N3O3Si/c1-23(2,3)32(4,5)31-18-7-9-21(27-15-18)28(20-8-6-16(24)14-19(20)25)22(29)30-17-10-12-26-13-11-17/h6-9,14-15,17,26H,10-13H2,1-5H3. The second-order valence-electron chi connectivity index (χ2n) is 9.48. The molecule has 0 unspecified atom stereocenters. The summed E-state index contributed by atoms with van der Waals surface area (Å²) in [6, 6.07) is 6.31. The minimum Gasteiger partial charge on any atom is -0.542 e. The maximum absolute atomic E-state index is 14.6. The first kappa shape index (κ1) is 24.1. The Balaban J connectivity index is 1.90. The van der Waals surface area contributed by atoms with Gasteiger partial charge in [0.05, 0.1) is 11.9 Å². The molecular formula is C23H31F2N3O3Si. The summed E-state index contributed by atoms with van der Waals surface area (Å²) in [6.45, 7) is 12.1. The summed E-state index contributed by atoms with van der Waals surface area (Å²) in [7, 11) is -2.07. The smallest absolute Gasteiger partial charge is 0.420 e. The number of carbonyl (C=O) groups excluding carboxylic acids is 1. The molecule has 1 amide bonds. The number of aromatic nitrogens is 1. The number of hydrogen-bond acceptors (Lipinski definition) is 5. The molecule has 0 bridgehead atoms. The van der Waals surface area contributed by atoms with Crippen LogP contribution in [-0.4, -0.2) is 38.6 Å². The minimum atomic E-state index is -2.07. The lowest BCUT2D eigenvalue weighted by atomic mass is 10.1. The van der Waals surface area contributed by atoms with Crippen molar-refractivity contribution in [2.24, 2.45) is 0 Å². The zero-order valence-corrected chi connectivity index (χ0v) is 20.2. The first-order valence-corrected chi connectivity index (χ1v) is 13.7. The van der Waals surface area contributed by atoms with E-state index in [9.17, 15) is 13.6 Å². The number of rotatable bonds is 5. The van der Waals surface area contributed by atoms with Crippen LogP contribution >= 0.6 is 0 Å². The van der Waals surface area contributed by atoms with E-state index in [0.717, 1.165) is 30.1 Å². The van der Waals surface area contributed by atoms with E-state index in [-0.39, 0.29) is 22.6 Å². The van der Waals surface area contributed by atoms with Crippen LogP contribution in [0.3, 0.4) is 0 Å². The molecule has 2 aromatic rings. The maximum atomic E-state index is 14.6. The van der Waals surface area contributed by atoms with Gasteiger partial charge in [-0.15, -0.1) is 0 Å². The zero-order valence-electron chi connectivity index (χ0n) is 19.2. The van der Waals surface area contributed by atoms with Gasteiger partial charge in [-0.25, -0.2) is 23.5 Å². The Morgan fingerprint density at radius 3 is 2.41 bits per heavy atom. The van der Waals surface area contributed by atoms with Gasteiger partial charge in [0.15, 0.2) is 0 Å². The van der Waals surface area contributed by atoms with Gasteiger partial charge in [0.1, 0.15) is 29.3 Å². The number of halogens is 2. The first-order chi connectivity index (χ1) is 15.0. The van der Waals surface area contributed by atoms with Crippen LogP contribution in [-0.2, 0) is 4.74 Å². The highest BCUT2D eigenvalue weighted by atomic mass is 28.4. The summed E-state index contributed by atoms with van der Waals surface area (Å²) >= 11 is 0. The normalized spacial score (nSPS) is 15.3. The lowest BCUT2D eigenvalue weighted by Crippen LogP contribution is -2.43. The van der Waals surface area contributed by atoms with Gasteiger partial charge in [0.2, 0.25) is 0 Å². The number of pyridine rings is 1. The van der Waals surface area contributed by atoms with Gasteiger partial charge in [0.25, 0.3) is 8.32 Å². The third kappa shape index (κ3) is 5.63. The van der Waals surface area contributed by atoms with Gasteiger partial charge >= 0.3 is 6.09 Å². The highest BCUT2D eigenvalue weighted by Gasteiger charge is 2.39. The van der Waals surface area contributed by atoms with Gasteiger partial charge in [-0.3, -0.25) is 0 Å². The van der Waals surface area contributed by atoms with Crippen molar-refractivity contribution in [3.05, 3.63) is 48.2 Å². The molecule has 0 aliphatic carbocycles. The minimum absolute atomic E-state index is 0.00755. The second kappa shape index (κ2) is 9.54. The summed E-state index contributed by atoms with van der Waals surface area (Å²) in [5.41, 5.74) is -0.129. The van der Waals surface area contributed by atoms with Crippen molar-refractivity contribution in [2.45, 2.75) is 57.8 Å². The second-order valence-corrected chi connectivity index (χ2v) is 14.2. The third-order valence-corrected chi connectivity index (χ3v) is 10.4. The van der Waals surface area contributed by atoms with E-state index in [1.54, 1.807) is 12.1 Å². The number of nitrogens with one attached hydrogen (secondary N) is 1. The number of nitrogens with zero attached hydrogens (tertiary/aromatic N) is 2. The monoisotopic (exact) mass is 463 g/mol. The number of anilines is 2. The molecule has 174 valence electrons. The van der Waals surface area contributed by atoms with Crippen LogP contribution in [0.25, 0.3) is 0 Å². The van der Waals surface area contributed by atoms with Crippen LogP contribution in [0.1, 0.15) is 33.6 Å². The quantitative estimate of drug-likeness (QED) is 0.570. The molecule has 1 aliphatic heterocycles. The van der Waals surface area contributed by atoms with Crippen LogP contribution in [0, 0.1) is 11.6 Å². The molecule has 1 N–H and O–H groups in total. The predicted molar refractivity (Wildman–Crippen MR) is 123 cm³/mol. The Morgan fingerprint density at radius 2 is 1.84 bits per heavy atom. The Bertz CT molecular complexity index is 942. The van der Waals surface area contributed by atoms with Gasteiger partial charge in [0, 0.05) is 6.07 Å². The fraction of sp³-hybridized carbons (Fsp3) is 0.478. The number of benzene rings is 1. The molecule has 0 spiro atoms. The molecule has 6 nitrogen and oxygen atoms in total. The summed E-state index contributed by atoms with van der Waals surface area (Å²) in [4.78, 5) is 18.4. The zero-order chi connectivity index (χ0) is 23.5. The van der Waals surface area contributed by atoms with Crippen molar-refractivity contribution in [2.75, 3.05) is 18.0 Å². The summed E-state index contributed by atoms with van der Waals surface area (Å²) in [5, 5.41) is 3.21. The molecule has 1 aliphatic rings. The number of hydrogen-bond donors (Lipinski definition) is 1. The maximum Gasteiger partial charge on any atom is 0.420 e. The molecule has 1 fully saturated rings. The highest BCUT2D eigenvalue weighted by Crippen LogP contribution is 2.37. The molecular weight excluding hydrogens is 432 g/mol. The topological polar surface area (TPSA) is 63.7 Å². The van der Waals surface area contributed by atoms with Crippen molar-refractivity contribution >= 4 is 25.9 Å². The fourth-order valence-electron chi connectivity index (χ4n) is 3.10. The van der Waals surface area contributed by atoms with Crippen LogP contribution in [0.4, 0.5) is 25.1 Å². The van der Waals surface area contributed by atoms with Crippen molar-refractivity contribution in [3.63, 3.8) is 0 Å². The Labute approximate surface area is 189 Å². The molecule has 0 saturated carbocycles. The van der Waals surface area contributed by atoms with E-state index in [4.69, 9.17) is 9.16 Å². The highest BCUT2D eigenvalue weighted by molar-refractivity contribution is 6.74. The largest absolute Gasteiger partial charge is 0.542 e. The molecule has 1 saturated heterocycles. The van der Waals surface area contributed by atoms with Crippen LogP contribution in [0.5, 0.6) is 5.75 Å². The van der Waals surface area contributed by atoms with Gasteiger partial charge in [-0.1, -0.05) is 20.8 Å². The molecule has 1 aromatic carbocycles. The lowest BCUT2D eigenvalue weighted by molar-refractivity contribution is 0.0868. The molecule has 3 rings (SSSR count). The van der Waals surface area contributed by atoms with Crippen molar-refractivity contribution in [3.8, 4) is 5.75 Å². The van der Waals surface area contributed by atoms with E-state index in [1.807, 2.05) is 0 Å². The summed E-state index contributed by atoms with van der Waals surface area (Å²) in [6.07, 6.45) is 1.81. The van der Waals surface area contributed by atoms with Gasteiger partial charge in [-0.05, 0) is 68.3 Å². The lowest BCUT2D eigenvalue weighted by Gasteiger charge is -2.36. The third-order valence-electron chi connectivity index (χ3n) is 6.02. The van der Waals surface area contributed by atoms with Gasteiger partial charge in [-0.2, -0.15) is 0 Å². The average Bonchev–Trinajstić information content (AvgIpc) is 2.71. The van der Waals surface area contributed by atoms with E-state index >= 15 is 0 Å². The summed E-state index contributed by atoms with van der Waals surface area (Å²) in [5.74, 6) is -0.872. The van der Waals surface area contributed by atoms with Crippen molar-refractivity contribution < 1.29 is 22.7 Å². The van der Waals surface area contributed by atoms with Crippen LogP contribution in [0.2, 0.25) is 18.1 Å². The first-order valence-electron chi connectivity index (χ1n) is 10.8. The average molecular weight is 464 g/mol. The van der Waals surface area contributed by atoms with E-state index in [2.05, 4.69) is 44.2 Å². The van der Waals surface area contributed by atoms with Gasteiger partial charge < -0.3 is 14.5 Å². The van der Waals surface area contributed by atoms with E-state index in [1.165, 1.54) is 12.3 Å². The molecule has 0 atom stereocenters. The number of ether oxygens (including phenoxy) is 1. The van der Waals surface area contributed by atoms with Crippen LogP contribution < -0.4 is 14.6 Å².